The lowest BCUT2D eigenvalue weighted by molar-refractivity contribution is -0.275. The third-order valence-corrected chi connectivity index (χ3v) is 1.69. The first-order chi connectivity index (χ1) is 7.37. The Morgan fingerprint density at radius 1 is 1.38 bits per heavy atom. The zero-order chi connectivity index (χ0) is 12.3. The van der Waals surface area contributed by atoms with Crippen LogP contribution >= 0.6 is 0 Å². The molecule has 0 bridgehead atoms. The molecular formula is C8H10F3N3O2. The van der Waals surface area contributed by atoms with Crippen LogP contribution in [0.15, 0.2) is 6.07 Å². The summed E-state index contributed by atoms with van der Waals surface area (Å²) >= 11 is 0. The lowest BCUT2D eigenvalue weighted by Crippen LogP contribution is -2.19. The summed E-state index contributed by atoms with van der Waals surface area (Å²) in [6.07, 6.45) is -4.81. The first-order valence-electron chi connectivity index (χ1n) is 4.16. The second-order valence-electron chi connectivity index (χ2n) is 2.77. The van der Waals surface area contributed by atoms with E-state index in [0.29, 0.717) is 0 Å². The van der Waals surface area contributed by atoms with E-state index >= 15 is 0 Å². The Morgan fingerprint density at radius 3 is 2.44 bits per heavy atom. The molecule has 0 amide bonds. The van der Waals surface area contributed by atoms with Gasteiger partial charge >= 0.3 is 6.36 Å². The number of aromatic nitrogens is 1. The van der Waals surface area contributed by atoms with E-state index in [4.69, 9.17) is 16.2 Å². The summed E-state index contributed by atoms with van der Waals surface area (Å²) in [7, 11) is 1.26. The van der Waals surface area contributed by atoms with Crippen molar-refractivity contribution in [2.24, 2.45) is 5.73 Å². The monoisotopic (exact) mass is 237 g/mol. The number of rotatable bonds is 3. The molecule has 1 aromatic rings. The molecule has 0 unspecified atom stereocenters. The van der Waals surface area contributed by atoms with Gasteiger partial charge in [0.25, 0.3) is 0 Å². The van der Waals surface area contributed by atoms with Crippen LogP contribution in [-0.2, 0) is 6.54 Å². The number of hydrogen-bond donors (Lipinski definition) is 2. The van der Waals surface area contributed by atoms with E-state index in [1.165, 1.54) is 7.11 Å². The summed E-state index contributed by atoms with van der Waals surface area (Å²) in [4.78, 5) is 3.65. The standard InChI is InChI=1S/C8H10F3N3O2/c1-15-6-2-5(16-8(9,10)11)4(3-12)14-7(6)13/h2H,3,12H2,1H3,(H2,13,14). The van der Waals surface area contributed by atoms with Gasteiger partial charge in [-0.25, -0.2) is 4.98 Å². The molecule has 0 aliphatic carbocycles. The molecule has 0 aromatic carbocycles. The topological polar surface area (TPSA) is 83.4 Å². The summed E-state index contributed by atoms with van der Waals surface area (Å²) in [5.41, 5.74) is 10.5. The van der Waals surface area contributed by atoms with Crippen LogP contribution in [0, 0.1) is 0 Å². The Kier molecular flexibility index (Phi) is 3.43. The van der Waals surface area contributed by atoms with E-state index < -0.39 is 12.1 Å². The normalized spacial score (nSPS) is 11.3. The van der Waals surface area contributed by atoms with Gasteiger partial charge in [-0.2, -0.15) is 0 Å². The predicted molar refractivity (Wildman–Crippen MR) is 49.8 cm³/mol. The van der Waals surface area contributed by atoms with Gasteiger partial charge in [0.1, 0.15) is 0 Å². The van der Waals surface area contributed by atoms with Crippen molar-refractivity contribution in [1.29, 1.82) is 0 Å². The minimum Gasteiger partial charge on any atom is -0.493 e. The molecule has 0 saturated carbocycles. The molecule has 0 aliphatic rings. The van der Waals surface area contributed by atoms with Gasteiger partial charge in [-0.1, -0.05) is 0 Å². The summed E-state index contributed by atoms with van der Waals surface area (Å²) in [6, 6.07) is 0.998. The number of alkyl halides is 3. The van der Waals surface area contributed by atoms with E-state index in [2.05, 4.69) is 9.72 Å². The minimum atomic E-state index is -4.81. The molecule has 1 heterocycles. The lowest BCUT2D eigenvalue weighted by Gasteiger charge is -2.13. The molecule has 0 atom stereocenters. The highest BCUT2D eigenvalue weighted by atomic mass is 19.4. The largest absolute Gasteiger partial charge is 0.573 e. The van der Waals surface area contributed by atoms with Crippen LogP contribution in [0.5, 0.6) is 11.5 Å². The fraction of sp³-hybridized carbons (Fsp3) is 0.375. The summed E-state index contributed by atoms with van der Waals surface area (Å²) in [5, 5.41) is 0. The van der Waals surface area contributed by atoms with Crippen LogP contribution in [0.25, 0.3) is 0 Å². The molecule has 0 radical (unpaired) electrons. The average Bonchev–Trinajstić information content (AvgIpc) is 2.18. The number of nitrogens with two attached hydrogens (primary N) is 2. The SMILES string of the molecule is COc1cc(OC(F)(F)F)c(CN)nc1N. The third-order valence-electron chi connectivity index (χ3n) is 1.69. The van der Waals surface area contributed by atoms with E-state index in [-0.39, 0.29) is 23.8 Å². The highest BCUT2D eigenvalue weighted by molar-refractivity contribution is 5.51. The second kappa shape index (κ2) is 4.44. The Labute approximate surface area is 89.1 Å². The van der Waals surface area contributed by atoms with E-state index in [1.807, 2.05) is 0 Å². The highest BCUT2D eigenvalue weighted by Gasteiger charge is 2.32. The molecule has 4 N–H and O–H groups in total. The summed E-state index contributed by atoms with van der Waals surface area (Å²) < 4.78 is 44.6. The maximum atomic E-state index is 12.0. The first kappa shape index (κ1) is 12.4. The molecule has 0 fully saturated rings. The predicted octanol–water partition coefficient (Wildman–Crippen LogP) is 1.03. The van der Waals surface area contributed by atoms with Gasteiger partial charge in [0.15, 0.2) is 17.3 Å². The van der Waals surface area contributed by atoms with Crippen molar-refractivity contribution in [2.45, 2.75) is 12.9 Å². The number of halogens is 3. The van der Waals surface area contributed by atoms with Crippen LogP contribution < -0.4 is 20.9 Å². The molecular weight excluding hydrogens is 227 g/mol. The molecule has 0 spiro atoms. The minimum absolute atomic E-state index is 0.00329. The molecule has 0 saturated heterocycles. The second-order valence-corrected chi connectivity index (χ2v) is 2.77. The zero-order valence-electron chi connectivity index (χ0n) is 8.34. The van der Waals surface area contributed by atoms with Gasteiger partial charge < -0.3 is 20.9 Å². The van der Waals surface area contributed by atoms with Gasteiger partial charge in [-0.05, 0) is 0 Å². The van der Waals surface area contributed by atoms with Crippen molar-refractivity contribution in [3.05, 3.63) is 11.8 Å². The molecule has 5 nitrogen and oxygen atoms in total. The Morgan fingerprint density at radius 2 is 2.00 bits per heavy atom. The van der Waals surface area contributed by atoms with Gasteiger partial charge in [0, 0.05) is 12.6 Å². The zero-order valence-corrected chi connectivity index (χ0v) is 8.34. The molecule has 90 valence electrons. The number of pyridine rings is 1. The molecule has 1 aromatic heterocycles. The van der Waals surface area contributed by atoms with Crippen molar-refractivity contribution < 1.29 is 22.6 Å². The number of anilines is 1. The van der Waals surface area contributed by atoms with Crippen LogP contribution in [0.2, 0.25) is 0 Å². The van der Waals surface area contributed by atoms with Gasteiger partial charge in [0.05, 0.1) is 12.8 Å². The molecule has 8 heteroatoms. The third kappa shape index (κ3) is 2.89. The van der Waals surface area contributed by atoms with Crippen LogP contribution in [-0.4, -0.2) is 18.5 Å². The maximum Gasteiger partial charge on any atom is 0.573 e. The van der Waals surface area contributed by atoms with E-state index in [0.717, 1.165) is 6.07 Å². The van der Waals surface area contributed by atoms with Crippen molar-refractivity contribution in [2.75, 3.05) is 12.8 Å². The van der Waals surface area contributed by atoms with Gasteiger partial charge in [0.2, 0.25) is 0 Å². The molecule has 16 heavy (non-hydrogen) atoms. The van der Waals surface area contributed by atoms with Crippen molar-refractivity contribution in [3.8, 4) is 11.5 Å². The summed E-state index contributed by atoms with van der Waals surface area (Å²) in [6.45, 7) is -0.223. The fourth-order valence-electron chi connectivity index (χ4n) is 1.05. The van der Waals surface area contributed by atoms with Crippen molar-refractivity contribution >= 4 is 5.82 Å². The number of ether oxygens (including phenoxy) is 2. The quantitative estimate of drug-likeness (QED) is 0.820. The van der Waals surface area contributed by atoms with Crippen molar-refractivity contribution in [1.82, 2.24) is 4.98 Å². The Balaban J connectivity index is 3.15. The number of methoxy groups -OCH3 is 1. The number of nitrogens with zero attached hydrogens (tertiary/aromatic N) is 1. The smallest absolute Gasteiger partial charge is 0.493 e. The number of nitrogen functional groups attached to an aromatic ring is 1. The summed E-state index contributed by atoms with van der Waals surface area (Å²) in [5.74, 6) is -0.560. The number of hydrogen-bond acceptors (Lipinski definition) is 5. The Hall–Kier alpha value is -1.70. The maximum absolute atomic E-state index is 12.0. The highest BCUT2D eigenvalue weighted by Crippen LogP contribution is 2.31. The average molecular weight is 237 g/mol. The van der Waals surface area contributed by atoms with Crippen molar-refractivity contribution in [3.63, 3.8) is 0 Å². The Bertz CT molecular complexity index is 382. The fourth-order valence-corrected chi connectivity index (χ4v) is 1.05. The van der Waals surface area contributed by atoms with Gasteiger partial charge in [-0.3, -0.25) is 0 Å². The van der Waals surface area contributed by atoms with Crippen LogP contribution in [0.3, 0.4) is 0 Å². The first-order valence-corrected chi connectivity index (χ1v) is 4.16. The van der Waals surface area contributed by atoms with Crippen LogP contribution in [0.4, 0.5) is 19.0 Å². The van der Waals surface area contributed by atoms with E-state index in [1.54, 1.807) is 0 Å². The van der Waals surface area contributed by atoms with E-state index in [9.17, 15) is 13.2 Å². The molecule has 1 rings (SSSR count). The molecule has 0 aliphatic heterocycles. The lowest BCUT2D eigenvalue weighted by atomic mass is 10.3. The van der Waals surface area contributed by atoms with Crippen LogP contribution in [0.1, 0.15) is 5.69 Å². The van der Waals surface area contributed by atoms with Gasteiger partial charge in [-0.15, -0.1) is 13.2 Å².